The van der Waals surface area contributed by atoms with Crippen molar-refractivity contribution in [2.24, 2.45) is 16.2 Å². The van der Waals surface area contributed by atoms with Gasteiger partial charge in [0.2, 0.25) is 0 Å². The first kappa shape index (κ1) is 14.8. The largest absolute Gasteiger partial charge is 0.456 e. The summed E-state index contributed by atoms with van der Waals surface area (Å²) < 4.78 is 11.6. The van der Waals surface area contributed by atoms with Crippen LogP contribution in [0, 0.1) is 16.2 Å². The summed E-state index contributed by atoms with van der Waals surface area (Å²) in [4.78, 5) is 12.8. The highest BCUT2D eigenvalue weighted by Gasteiger charge is 2.68. The highest BCUT2D eigenvalue weighted by atomic mass is 16.6. The third-order valence-electron chi connectivity index (χ3n) is 5.40. The van der Waals surface area contributed by atoms with E-state index in [4.69, 9.17) is 9.47 Å². The molecule has 2 atom stereocenters. The molecule has 0 N–H and O–H groups in total. The van der Waals surface area contributed by atoms with E-state index in [1.807, 2.05) is 6.92 Å². The molecule has 0 bridgehead atoms. The second-order valence-electron chi connectivity index (χ2n) is 8.30. The Balaban J connectivity index is 2.50. The Morgan fingerprint density at radius 3 is 1.95 bits per heavy atom. The van der Waals surface area contributed by atoms with Crippen molar-refractivity contribution in [1.29, 1.82) is 0 Å². The summed E-state index contributed by atoms with van der Waals surface area (Å²) in [6.07, 6.45) is 1.60. The van der Waals surface area contributed by atoms with Crippen LogP contribution in [0.15, 0.2) is 0 Å². The molecule has 0 aliphatic carbocycles. The Morgan fingerprint density at radius 1 is 1.11 bits per heavy atom. The van der Waals surface area contributed by atoms with Crippen molar-refractivity contribution in [3.8, 4) is 0 Å². The van der Waals surface area contributed by atoms with Gasteiger partial charge in [0.1, 0.15) is 5.60 Å². The number of hydrogen-bond acceptors (Lipinski definition) is 3. The van der Waals surface area contributed by atoms with Gasteiger partial charge in [-0.1, -0.05) is 41.5 Å². The van der Waals surface area contributed by atoms with E-state index in [-0.39, 0.29) is 22.9 Å². The number of carbonyl (C=O) groups is 1. The molecule has 1 spiro atoms. The zero-order chi connectivity index (χ0) is 14.7. The van der Waals surface area contributed by atoms with E-state index in [0.29, 0.717) is 6.61 Å². The molecule has 0 radical (unpaired) electrons. The molecule has 3 heteroatoms. The van der Waals surface area contributed by atoms with Crippen LogP contribution in [0.5, 0.6) is 0 Å². The van der Waals surface area contributed by atoms with Gasteiger partial charge < -0.3 is 9.47 Å². The maximum atomic E-state index is 12.8. The van der Waals surface area contributed by atoms with Gasteiger partial charge in [0, 0.05) is 12.8 Å². The molecule has 2 fully saturated rings. The van der Waals surface area contributed by atoms with E-state index in [0.717, 1.165) is 12.8 Å². The highest BCUT2D eigenvalue weighted by molar-refractivity contribution is 5.82. The molecule has 3 nitrogen and oxygen atoms in total. The summed E-state index contributed by atoms with van der Waals surface area (Å²) in [5, 5.41) is 0. The standard InChI is InChI=1S/C16H28O3/c1-11-15(8-9-18-11)10-16(12(17)19-15,13(2,3)4)14(5,6)7/h11H,8-10H2,1-7H3. The first-order valence-corrected chi connectivity index (χ1v) is 7.31. The lowest BCUT2D eigenvalue weighted by Gasteiger charge is -2.48. The quantitative estimate of drug-likeness (QED) is 0.630. The number of carbonyl (C=O) groups excluding carboxylic acids is 1. The van der Waals surface area contributed by atoms with Gasteiger partial charge in [0.25, 0.3) is 0 Å². The van der Waals surface area contributed by atoms with Crippen molar-refractivity contribution in [3.05, 3.63) is 0 Å². The number of ether oxygens (including phenoxy) is 2. The molecule has 110 valence electrons. The summed E-state index contributed by atoms with van der Waals surface area (Å²) in [6.45, 7) is 15.6. The van der Waals surface area contributed by atoms with Crippen LogP contribution in [0.1, 0.15) is 61.3 Å². The summed E-state index contributed by atoms with van der Waals surface area (Å²) in [5.41, 5.74) is -1.12. The topological polar surface area (TPSA) is 35.5 Å². The zero-order valence-corrected chi connectivity index (χ0v) is 13.4. The average molecular weight is 268 g/mol. The van der Waals surface area contributed by atoms with Gasteiger partial charge in [0.05, 0.1) is 18.1 Å². The first-order chi connectivity index (χ1) is 8.46. The van der Waals surface area contributed by atoms with Crippen LogP contribution in [-0.4, -0.2) is 24.3 Å². The number of hydrogen-bond donors (Lipinski definition) is 0. The molecular formula is C16H28O3. The van der Waals surface area contributed by atoms with Crippen molar-refractivity contribution >= 4 is 5.97 Å². The van der Waals surface area contributed by atoms with Crippen molar-refractivity contribution in [3.63, 3.8) is 0 Å². The molecule has 2 heterocycles. The number of rotatable bonds is 0. The first-order valence-electron chi connectivity index (χ1n) is 7.31. The Kier molecular flexibility index (Phi) is 3.10. The van der Waals surface area contributed by atoms with Crippen LogP contribution in [0.4, 0.5) is 0 Å². The molecule has 19 heavy (non-hydrogen) atoms. The van der Waals surface area contributed by atoms with Crippen LogP contribution in [0.3, 0.4) is 0 Å². The minimum atomic E-state index is -0.456. The normalized spacial score (nSPS) is 34.9. The van der Waals surface area contributed by atoms with Gasteiger partial charge in [-0.2, -0.15) is 0 Å². The molecule has 0 amide bonds. The fourth-order valence-corrected chi connectivity index (χ4v) is 4.23. The summed E-state index contributed by atoms with van der Waals surface area (Å²) in [6, 6.07) is 0. The van der Waals surface area contributed by atoms with E-state index >= 15 is 0 Å². The van der Waals surface area contributed by atoms with E-state index in [1.165, 1.54) is 0 Å². The predicted octanol–water partition coefficient (Wildman–Crippen LogP) is 3.56. The van der Waals surface area contributed by atoms with Gasteiger partial charge in [-0.3, -0.25) is 4.79 Å². The molecule has 0 aromatic carbocycles. The monoisotopic (exact) mass is 268 g/mol. The van der Waals surface area contributed by atoms with Crippen molar-refractivity contribution in [2.45, 2.75) is 73.0 Å². The molecule has 0 aromatic rings. The van der Waals surface area contributed by atoms with Crippen LogP contribution < -0.4 is 0 Å². The van der Waals surface area contributed by atoms with Crippen LogP contribution >= 0.6 is 0 Å². The second-order valence-corrected chi connectivity index (χ2v) is 8.30. The van der Waals surface area contributed by atoms with Gasteiger partial charge in [-0.05, 0) is 17.8 Å². The molecule has 2 aliphatic rings. The van der Waals surface area contributed by atoms with Crippen molar-refractivity contribution in [1.82, 2.24) is 0 Å². The zero-order valence-electron chi connectivity index (χ0n) is 13.4. The van der Waals surface area contributed by atoms with Gasteiger partial charge in [0.15, 0.2) is 0 Å². The lowest BCUT2D eigenvalue weighted by atomic mass is 9.51. The third-order valence-corrected chi connectivity index (χ3v) is 5.40. The molecule has 2 rings (SSSR count). The van der Waals surface area contributed by atoms with E-state index in [2.05, 4.69) is 41.5 Å². The average Bonchev–Trinajstić information content (AvgIpc) is 2.68. The van der Waals surface area contributed by atoms with Crippen molar-refractivity contribution < 1.29 is 14.3 Å². The van der Waals surface area contributed by atoms with E-state index in [1.54, 1.807) is 0 Å². The van der Waals surface area contributed by atoms with E-state index in [9.17, 15) is 4.79 Å². The molecular weight excluding hydrogens is 240 g/mol. The van der Waals surface area contributed by atoms with Crippen LogP contribution in [0.2, 0.25) is 0 Å². The summed E-state index contributed by atoms with van der Waals surface area (Å²) in [5.74, 6) is -0.0372. The molecule has 0 aromatic heterocycles. The van der Waals surface area contributed by atoms with Crippen LogP contribution in [0.25, 0.3) is 0 Å². The smallest absolute Gasteiger partial charge is 0.313 e. The number of esters is 1. The predicted molar refractivity (Wildman–Crippen MR) is 74.8 cm³/mol. The highest BCUT2D eigenvalue weighted by Crippen LogP contribution is 2.62. The molecule has 2 aliphatic heterocycles. The minimum absolute atomic E-state index is 0.00280. The lowest BCUT2D eigenvalue weighted by molar-refractivity contribution is -0.166. The second kappa shape index (κ2) is 3.97. The molecule has 0 saturated carbocycles. The maximum absolute atomic E-state index is 12.8. The molecule has 2 unspecified atom stereocenters. The minimum Gasteiger partial charge on any atom is -0.456 e. The Bertz CT molecular complexity index is 372. The fraction of sp³-hybridized carbons (Fsp3) is 0.938. The molecule has 2 saturated heterocycles. The Hall–Kier alpha value is -0.570. The van der Waals surface area contributed by atoms with E-state index < -0.39 is 11.0 Å². The van der Waals surface area contributed by atoms with Crippen LogP contribution in [-0.2, 0) is 14.3 Å². The summed E-state index contributed by atoms with van der Waals surface area (Å²) in [7, 11) is 0. The Labute approximate surface area is 117 Å². The SMILES string of the molecule is CC1OCCC12CC(C(C)(C)C)(C(C)(C)C)C(=O)O2. The third kappa shape index (κ3) is 1.84. The van der Waals surface area contributed by atoms with Gasteiger partial charge in [-0.15, -0.1) is 0 Å². The summed E-state index contributed by atoms with van der Waals surface area (Å²) >= 11 is 0. The van der Waals surface area contributed by atoms with Gasteiger partial charge >= 0.3 is 5.97 Å². The van der Waals surface area contributed by atoms with Crippen molar-refractivity contribution in [2.75, 3.05) is 6.61 Å². The lowest BCUT2D eigenvalue weighted by Crippen LogP contribution is -2.50. The fourth-order valence-electron chi connectivity index (χ4n) is 4.23. The van der Waals surface area contributed by atoms with Gasteiger partial charge in [-0.25, -0.2) is 0 Å². The maximum Gasteiger partial charge on any atom is 0.313 e. The Morgan fingerprint density at radius 2 is 1.63 bits per heavy atom.